The predicted octanol–water partition coefficient (Wildman–Crippen LogP) is 1.65. The van der Waals surface area contributed by atoms with E-state index in [-0.39, 0.29) is 18.2 Å². The number of carboxylic acids is 1. The van der Waals surface area contributed by atoms with Crippen LogP contribution in [0.4, 0.5) is 0 Å². The van der Waals surface area contributed by atoms with Gasteiger partial charge in [0.1, 0.15) is 12.3 Å². The Morgan fingerprint density at radius 1 is 1.42 bits per heavy atom. The van der Waals surface area contributed by atoms with Gasteiger partial charge in [-0.3, -0.25) is 14.5 Å². The minimum absolute atomic E-state index is 0.194. The number of ether oxygens (including phenoxy) is 1. The average molecular weight is 279 g/mol. The minimum atomic E-state index is -1.03. The van der Waals surface area contributed by atoms with Crippen LogP contribution >= 0.6 is 11.8 Å². The Kier molecular flexibility index (Phi) is 4.11. The summed E-state index contributed by atoms with van der Waals surface area (Å²) >= 11 is 1.37. The molecule has 1 amide bonds. The zero-order valence-electron chi connectivity index (χ0n) is 10.3. The maximum absolute atomic E-state index is 11.8. The molecule has 0 aromatic heterocycles. The van der Waals surface area contributed by atoms with Crippen molar-refractivity contribution in [1.82, 2.24) is 4.90 Å². The van der Waals surface area contributed by atoms with Gasteiger partial charge in [-0.25, -0.2) is 0 Å². The fourth-order valence-corrected chi connectivity index (χ4v) is 2.56. The number of aliphatic carboxylic acids is 1. The highest BCUT2D eigenvalue weighted by Gasteiger charge is 2.25. The molecule has 0 atom stereocenters. The summed E-state index contributed by atoms with van der Waals surface area (Å²) in [4.78, 5) is 23.9. The summed E-state index contributed by atoms with van der Waals surface area (Å²) in [7, 11) is 1.57. The number of amides is 1. The summed E-state index contributed by atoms with van der Waals surface area (Å²) in [5.74, 6) is -0.239. The molecule has 0 radical (unpaired) electrons. The molecule has 1 heterocycles. The van der Waals surface area contributed by atoms with Gasteiger partial charge in [0, 0.05) is 0 Å². The summed E-state index contributed by atoms with van der Waals surface area (Å²) < 4.78 is 5.07. The molecule has 0 unspecified atom stereocenters. The smallest absolute Gasteiger partial charge is 0.323 e. The maximum atomic E-state index is 11.8. The Balaban J connectivity index is 2.30. The molecule has 1 aliphatic rings. The van der Waals surface area contributed by atoms with Crippen molar-refractivity contribution in [2.75, 3.05) is 19.4 Å². The van der Waals surface area contributed by atoms with E-state index in [9.17, 15) is 9.59 Å². The lowest BCUT2D eigenvalue weighted by atomic mass is 10.1. The summed E-state index contributed by atoms with van der Waals surface area (Å²) in [5.41, 5.74) is 1.41. The van der Waals surface area contributed by atoms with Crippen LogP contribution in [0.2, 0.25) is 0 Å². The van der Waals surface area contributed by atoms with Gasteiger partial charge in [0.25, 0.3) is 0 Å². The lowest BCUT2D eigenvalue weighted by molar-refractivity contribution is -0.141. The highest BCUT2D eigenvalue weighted by atomic mass is 32.2. The SMILES string of the molecule is COc1ccc(C2=CSCC(=O)N2CC(=O)O)cc1. The molecule has 6 heteroatoms. The van der Waals surface area contributed by atoms with E-state index in [1.165, 1.54) is 16.7 Å². The molecule has 0 bridgehead atoms. The second-order valence-electron chi connectivity index (χ2n) is 3.92. The van der Waals surface area contributed by atoms with Crippen molar-refractivity contribution in [3.8, 4) is 5.75 Å². The van der Waals surface area contributed by atoms with E-state index in [0.29, 0.717) is 11.4 Å². The third kappa shape index (κ3) is 3.08. The third-order valence-electron chi connectivity index (χ3n) is 2.67. The van der Waals surface area contributed by atoms with Crippen LogP contribution in [0.3, 0.4) is 0 Å². The van der Waals surface area contributed by atoms with Gasteiger partial charge in [-0.2, -0.15) is 0 Å². The number of nitrogens with zero attached hydrogens (tertiary/aromatic N) is 1. The zero-order valence-corrected chi connectivity index (χ0v) is 11.1. The van der Waals surface area contributed by atoms with E-state index >= 15 is 0 Å². The van der Waals surface area contributed by atoms with Crippen LogP contribution in [0.15, 0.2) is 29.7 Å². The molecule has 0 saturated heterocycles. The Labute approximate surface area is 114 Å². The molecule has 1 N–H and O–H groups in total. The zero-order chi connectivity index (χ0) is 13.8. The number of rotatable bonds is 4. The number of methoxy groups -OCH3 is 1. The molecule has 0 spiro atoms. The van der Waals surface area contributed by atoms with Crippen molar-refractivity contribution in [3.05, 3.63) is 35.2 Å². The molecule has 1 aromatic carbocycles. The van der Waals surface area contributed by atoms with Crippen LogP contribution in [-0.2, 0) is 9.59 Å². The highest BCUT2D eigenvalue weighted by molar-refractivity contribution is 8.03. The molecule has 0 aliphatic carbocycles. The van der Waals surface area contributed by atoms with Crippen LogP contribution in [0.5, 0.6) is 5.75 Å². The minimum Gasteiger partial charge on any atom is -0.497 e. The summed E-state index contributed by atoms with van der Waals surface area (Å²) in [6.45, 7) is -0.322. The summed E-state index contributed by atoms with van der Waals surface area (Å²) in [5, 5.41) is 10.7. The highest BCUT2D eigenvalue weighted by Crippen LogP contribution is 2.29. The number of thioether (sulfide) groups is 1. The number of benzene rings is 1. The van der Waals surface area contributed by atoms with Crippen molar-refractivity contribution in [1.29, 1.82) is 0 Å². The van der Waals surface area contributed by atoms with Gasteiger partial charge < -0.3 is 9.84 Å². The van der Waals surface area contributed by atoms with E-state index < -0.39 is 5.97 Å². The van der Waals surface area contributed by atoms with Crippen molar-refractivity contribution in [2.45, 2.75) is 0 Å². The van der Waals surface area contributed by atoms with E-state index in [0.717, 1.165) is 5.56 Å². The molecular formula is C13H13NO4S. The molecule has 0 saturated carbocycles. The van der Waals surface area contributed by atoms with E-state index in [1.807, 2.05) is 5.41 Å². The first kappa shape index (κ1) is 13.5. The topological polar surface area (TPSA) is 66.8 Å². The summed E-state index contributed by atoms with van der Waals surface area (Å²) in [6.07, 6.45) is 0. The maximum Gasteiger partial charge on any atom is 0.323 e. The van der Waals surface area contributed by atoms with Gasteiger partial charge in [0.05, 0.1) is 18.6 Å². The largest absolute Gasteiger partial charge is 0.497 e. The van der Waals surface area contributed by atoms with Gasteiger partial charge in [0.15, 0.2) is 0 Å². The lowest BCUT2D eigenvalue weighted by Gasteiger charge is -2.27. The van der Waals surface area contributed by atoms with Crippen LogP contribution in [-0.4, -0.2) is 41.3 Å². The number of carbonyl (C=O) groups excluding carboxylic acids is 1. The van der Waals surface area contributed by atoms with E-state index in [2.05, 4.69) is 0 Å². The average Bonchev–Trinajstić information content (AvgIpc) is 2.41. The van der Waals surface area contributed by atoms with Gasteiger partial charge in [-0.1, -0.05) is 0 Å². The molecular weight excluding hydrogens is 266 g/mol. The lowest BCUT2D eigenvalue weighted by Crippen LogP contribution is -2.37. The number of carbonyl (C=O) groups is 2. The van der Waals surface area contributed by atoms with Crippen molar-refractivity contribution < 1.29 is 19.4 Å². The van der Waals surface area contributed by atoms with Crippen LogP contribution < -0.4 is 4.74 Å². The molecule has 0 fully saturated rings. The van der Waals surface area contributed by atoms with Gasteiger partial charge in [-0.15, -0.1) is 11.8 Å². The first-order valence-corrected chi connectivity index (χ1v) is 6.65. The number of hydrogen-bond acceptors (Lipinski definition) is 4. The third-order valence-corrected chi connectivity index (χ3v) is 3.48. The molecule has 1 aromatic rings. The molecule has 2 rings (SSSR count). The van der Waals surface area contributed by atoms with Crippen LogP contribution in [0.25, 0.3) is 5.70 Å². The van der Waals surface area contributed by atoms with Crippen LogP contribution in [0.1, 0.15) is 5.56 Å². The first-order chi connectivity index (χ1) is 9.11. The molecule has 1 aliphatic heterocycles. The standard InChI is InChI=1S/C13H13NO4S/c1-18-10-4-2-9(3-5-10)11-7-19-8-12(15)14(11)6-13(16)17/h2-5,7H,6,8H2,1H3,(H,16,17). The van der Waals surface area contributed by atoms with Gasteiger partial charge >= 0.3 is 5.97 Å². The second-order valence-corrected chi connectivity index (χ2v) is 4.77. The van der Waals surface area contributed by atoms with Crippen molar-refractivity contribution >= 4 is 29.3 Å². The quantitative estimate of drug-likeness (QED) is 0.907. The van der Waals surface area contributed by atoms with Gasteiger partial charge in [-0.05, 0) is 35.2 Å². The Bertz CT molecular complexity index is 524. The monoisotopic (exact) mass is 279 g/mol. The van der Waals surface area contributed by atoms with Crippen molar-refractivity contribution in [3.63, 3.8) is 0 Å². The Morgan fingerprint density at radius 3 is 2.68 bits per heavy atom. The van der Waals surface area contributed by atoms with E-state index in [4.69, 9.17) is 9.84 Å². The first-order valence-electron chi connectivity index (χ1n) is 5.60. The number of carboxylic acid groups (broad SMARTS) is 1. The predicted molar refractivity (Wildman–Crippen MR) is 72.8 cm³/mol. The second kappa shape index (κ2) is 5.79. The fourth-order valence-electron chi connectivity index (χ4n) is 1.76. The van der Waals surface area contributed by atoms with Crippen molar-refractivity contribution in [2.24, 2.45) is 0 Å². The summed E-state index contributed by atoms with van der Waals surface area (Å²) in [6, 6.07) is 7.16. The molecule has 5 nitrogen and oxygen atoms in total. The van der Waals surface area contributed by atoms with E-state index in [1.54, 1.807) is 31.4 Å². The normalized spacial score (nSPS) is 15.1. The molecule has 100 valence electrons. The fraction of sp³-hybridized carbons (Fsp3) is 0.231. The Hall–Kier alpha value is -1.95. The Morgan fingerprint density at radius 2 is 2.11 bits per heavy atom. The molecule has 19 heavy (non-hydrogen) atoms. The van der Waals surface area contributed by atoms with Gasteiger partial charge in [0.2, 0.25) is 5.91 Å². The van der Waals surface area contributed by atoms with Crippen LogP contribution in [0, 0.1) is 0 Å². The number of hydrogen-bond donors (Lipinski definition) is 1.